The van der Waals surface area contributed by atoms with Crippen LogP contribution in [-0.4, -0.2) is 92.5 Å². The molecule has 0 saturated carbocycles. The SMILES string of the molecule is C=CCCC(=O)OC[C@@H](NC(=O)[C@H]1[C@@H]2O[C@@]3(CC2Br)[C@@H]1C(=O)N([C@H](C)CO)[C@@H]3C(=O)N(CC=C)C(C)(C)CC(C)(C)C)c1ccccc1. The summed E-state index contributed by atoms with van der Waals surface area (Å²) >= 11 is 3.74. The molecule has 3 heterocycles. The van der Waals surface area contributed by atoms with Gasteiger partial charge in [-0.1, -0.05) is 79.2 Å². The molecule has 48 heavy (non-hydrogen) atoms. The maximum Gasteiger partial charge on any atom is 0.306 e. The highest BCUT2D eigenvalue weighted by atomic mass is 79.9. The Balaban J connectivity index is 1.71. The van der Waals surface area contributed by atoms with E-state index in [9.17, 15) is 24.3 Å². The summed E-state index contributed by atoms with van der Waals surface area (Å²) in [6, 6.07) is 6.75. The number of nitrogens with one attached hydrogen (secondary N) is 1. The minimum Gasteiger partial charge on any atom is -0.463 e. The molecule has 3 fully saturated rings. The lowest BCUT2D eigenvalue weighted by Crippen LogP contribution is -2.62. The average molecular weight is 731 g/mol. The first-order valence-electron chi connectivity index (χ1n) is 16.8. The van der Waals surface area contributed by atoms with Crippen LogP contribution in [0.15, 0.2) is 55.6 Å². The molecule has 1 aromatic rings. The van der Waals surface area contributed by atoms with Crippen LogP contribution in [0.1, 0.15) is 78.8 Å². The largest absolute Gasteiger partial charge is 0.463 e. The summed E-state index contributed by atoms with van der Waals surface area (Å²) < 4.78 is 12.2. The number of allylic oxidation sites excluding steroid dienone is 1. The van der Waals surface area contributed by atoms with Crippen molar-refractivity contribution in [1.29, 1.82) is 0 Å². The van der Waals surface area contributed by atoms with E-state index < -0.39 is 65.0 Å². The number of hydrogen-bond donors (Lipinski definition) is 2. The fourth-order valence-corrected chi connectivity index (χ4v) is 9.10. The number of aliphatic hydroxyl groups is 1. The van der Waals surface area contributed by atoms with Gasteiger partial charge in [0.15, 0.2) is 0 Å². The Hall–Kier alpha value is -3.02. The van der Waals surface area contributed by atoms with Gasteiger partial charge < -0.3 is 29.7 Å². The molecule has 1 unspecified atom stereocenters. The molecule has 8 atom stereocenters. The Bertz CT molecular complexity index is 1380. The molecule has 3 aliphatic rings. The van der Waals surface area contributed by atoms with Crippen molar-refractivity contribution >= 4 is 39.6 Å². The summed E-state index contributed by atoms with van der Waals surface area (Å²) in [4.78, 5) is 59.0. The summed E-state index contributed by atoms with van der Waals surface area (Å²) in [6.45, 7) is 19.4. The third-order valence-electron chi connectivity index (χ3n) is 9.76. The van der Waals surface area contributed by atoms with Crippen molar-refractivity contribution in [2.24, 2.45) is 17.3 Å². The van der Waals surface area contributed by atoms with Crippen LogP contribution >= 0.6 is 15.9 Å². The van der Waals surface area contributed by atoms with Crippen LogP contribution in [-0.2, 0) is 28.7 Å². The van der Waals surface area contributed by atoms with Gasteiger partial charge >= 0.3 is 5.97 Å². The van der Waals surface area contributed by atoms with Crippen LogP contribution in [0.4, 0.5) is 0 Å². The van der Waals surface area contributed by atoms with Crippen molar-refractivity contribution < 1.29 is 33.8 Å². The van der Waals surface area contributed by atoms with Gasteiger partial charge in [0.1, 0.15) is 18.2 Å². The standard InChI is InChI=1S/C37H52BrN3O7/c1-9-11-17-27(43)47-21-26(24-15-13-12-14-16-24)39-32(44)28-29-33(45)41(23(3)20-42)31(37(29)19-25(38)30(28)48-37)34(46)40(18-10-2)36(7,8)22-35(4,5)6/h9-10,12-16,23,25-26,28-31,42H,1-2,11,17-22H2,3-8H3,(H,39,44)/t23-,25?,26-,28-,29+,30-,31-,37+/m1/s1. The fraction of sp³-hybridized carbons (Fsp3) is 0.622. The van der Waals surface area contributed by atoms with E-state index >= 15 is 0 Å². The number of carbonyl (C=O) groups excluding carboxylic acids is 4. The molecule has 10 nitrogen and oxygen atoms in total. The smallest absolute Gasteiger partial charge is 0.306 e. The monoisotopic (exact) mass is 729 g/mol. The molecule has 264 valence electrons. The normalized spacial score (nSPS) is 27.6. The molecular formula is C37H52BrN3O7. The molecule has 0 radical (unpaired) electrons. The lowest BCUT2D eigenvalue weighted by Gasteiger charge is -2.46. The van der Waals surface area contributed by atoms with Gasteiger partial charge in [-0.2, -0.15) is 0 Å². The number of hydrogen-bond acceptors (Lipinski definition) is 7. The van der Waals surface area contributed by atoms with Crippen molar-refractivity contribution in [3.8, 4) is 0 Å². The van der Waals surface area contributed by atoms with E-state index in [1.54, 1.807) is 24.0 Å². The number of alkyl halides is 1. The molecule has 4 rings (SSSR count). The maximum absolute atomic E-state index is 14.9. The van der Waals surface area contributed by atoms with E-state index in [0.29, 0.717) is 19.3 Å². The topological polar surface area (TPSA) is 125 Å². The van der Waals surface area contributed by atoms with Crippen molar-refractivity contribution in [3.63, 3.8) is 0 Å². The maximum atomic E-state index is 14.9. The van der Waals surface area contributed by atoms with Crippen LogP contribution in [0.2, 0.25) is 0 Å². The molecule has 2 N–H and O–H groups in total. The van der Waals surface area contributed by atoms with Crippen molar-refractivity contribution in [2.45, 2.75) is 107 Å². The molecule has 11 heteroatoms. The molecule has 3 amide bonds. The van der Waals surface area contributed by atoms with Crippen LogP contribution in [0.25, 0.3) is 0 Å². The van der Waals surface area contributed by atoms with Crippen molar-refractivity contribution in [3.05, 3.63) is 61.2 Å². The van der Waals surface area contributed by atoms with E-state index in [4.69, 9.17) is 9.47 Å². The molecule has 0 aliphatic carbocycles. The predicted molar refractivity (Wildman–Crippen MR) is 187 cm³/mol. The van der Waals surface area contributed by atoms with Crippen LogP contribution in [0.5, 0.6) is 0 Å². The predicted octanol–water partition coefficient (Wildman–Crippen LogP) is 4.71. The molecule has 2 bridgehead atoms. The first-order chi connectivity index (χ1) is 22.5. The van der Waals surface area contributed by atoms with E-state index in [-0.39, 0.29) is 42.3 Å². The minimum absolute atomic E-state index is 0.0976. The average Bonchev–Trinajstić information content (AvgIpc) is 3.62. The zero-order valence-electron chi connectivity index (χ0n) is 29.1. The zero-order valence-corrected chi connectivity index (χ0v) is 30.7. The van der Waals surface area contributed by atoms with E-state index in [1.165, 1.54) is 4.90 Å². The van der Waals surface area contributed by atoms with Gasteiger partial charge in [-0.25, -0.2) is 0 Å². The van der Waals surface area contributed by atoms with Crippen LogP contribution < -0.4 is 5.32 Å². The number of benzene rings is 1. The molecule has 3 aliphatic heterocycles. The third kappa shape index (κ3) is 7.43. The number of esters is 1. The Morgan fingerprint density at radius 3 is 2.44 bits per heavy atom. The summed E-state index contributed by atoms with van der Waals surface area (Å²) in [5.41, 5.74) is -1.27. The highest BCUT2D eigenvalue weighted by Gasteiger charge is 2.77. The molecular weight excluding hydrogens is 678 g/mol. The fourth-order valence-electron chi connectivity index (χ4n) is 8.16. The zero-order chi connectivity index (χ0) is 35.6. The van der Waals surface area contributed by atoms with E-state index in [2.05, 4.69) is 55.2 Å². The lowest BCUT2D eigenvalue weighted by molar-refractivity contribution is -0.155. The van der Waals surface area contributed by atoms with Crippen molar-refractivity contribution in [1.82, 2.24) is 15.1 Å². The Labute approximate surface area is 293 Å². The van der Waals surface area contributed by atoms with Gasteiger partial charge in [0.25, 0.3) is 0 Å². The summed E-state index contributed by atoms with van der Waals surface area (Å²) in [7, 11) is 0. The number of carbonyl (C=O) groups is 4. The molecule has 1 spiro atoms. The number of fused-ring (bicyclic) bond motifs is 1. The second-order valence-corrected chi connectivity index (χ2v) is 16.4. The first-order valence-corrected chi connectivity index (χ1v) is 17.7. The Morgan fingerprint density at radius 2 is 1.85 bits per heavy atom. The number of likely N-dealkylation sites (tertiary alicyclic amines) is 1. The van der Waals surface area contributed by atoms with Gasteiger partial charge in [-0.15, -0.1) is 13.2 Å². The number of aliphatic hydroxyl groups excluding tert-OH is 1. The van der Waals surface area contributed by atoms with Gasteiger partial charge in [0, 0.05) is 23.3 Å². The molecule has 1 aromatic carbocycles. The number of amides is 3. The highest BCUT2D eigenvalue weighted by Crippen LogP contribution is 2.60. The molecule has 3 saturated heterocycles. The summed E-state index contributed by atoms with van der Waals surface area (Å²) in [5, 5.41) is 13.4. The lowest BCUT2D eigenvalue weighted by atomic mass is 9.70. The number of halogens is 1. The van der Waals surface area contributed by atoms with Gasteiger partial charge in [0.05, 0.1) is 36.6 Å². The third-order valence-corrected chi connectivity index (χ3v) is 10.6. The first kappa shape index (κ1) is 37.8. The summed E-state index contributed by atoms with van der Waals surface area (Å²) in [5.74, 6) is -3.41. The van der Waals surface area contributed by atoms with Crippen LogP contribution in [0, 0.1) is 17.3 Å². The number of nitrogens with zero attached hydrogens (tertiary/aromatic N) is 2. The van der Waals surface area contributed by atoms with Gasteiger partial charge in [-0.3, -0.25) is 19.2 Å². The Kier molecular flexibility index (Phi) is 11.7. The second kappa shape index (κ2) is 14.8. The van der Waals surface area contributed by atoms with Crippen molar-refractivity contribution in [2.75, 3.05) is 19.8 Å². The van der Waals surface area contributed by atoms with Gasteiger partial charge in [-0.05, 0) is 51.0 Å². The van der Waals surface area contributed by atoms with Crippen LogP contribution in [0.3, 0.4) is 0 Å². The van der Waals surface area contributed by atoms with Gasteiger partial charge in [0.2, 0.25) is 17.7 Å². The molecule has 0 aromatic heterocycles. The highest BCUT2D eigenvalue weighted by molar-refractivity contribution is 9.09. The van der Waals surface area contributed by atoms with E-state index in [1.807, 2.05) is 44.2 Å². The quantitative estimate of drug-likeness (QED) is 0.152. The Morgan fingerprint density at radius 1 is 1.19 bits per heavy atom. The second-order valence-electron chi connectivity index (χ2n) is 15.2. The number of ether oxygens (including phenoxy) is 2. The van der Waals surface area contributed by atoms with E-state index in [0.717, 1.165) is 5.56 Å². The minimum atomic E-state index is -1.30. The number of rotatable bonds is 15. The summed E-state index contributed by atoms with van der Waals surface area (Å²) in [6.07, 6.45) is 4.31.